The van der Waals surface area contributed by atoms with Gasteiger partial charge in [0.05, 0.1) is 0 Å². The molecule has 2 aromatic rings. The van der Waals surface area contributed by atoms with Gasteiger partial charge in [0.25, 0.3) is 5.91 Å². The van der Waals surface area contributed by atoms with Crippen molar-refractivity contribution in [2.45, 2.75) is 25.9 Å². The summed E-state index contributed by atoms with van der Waals surface area (Å²) in [6, 6.07) is 17.0. The van der Waals surface area contributed by atoms with Gasteiger partial charge in [-0.3, -0.25) is 14.7 Å². The van der Waals surface area contributed by atoms with E-state index in [4.69, 9.17) is 17.2 Å². The smallest absolute Gasteiger partial charge is 0.260 e. The summed E-state index contributed by atoms with van der Waals surface area (Å²) in [5, 5.41) is 0. The van der Waals surface area contributed by atoms with Crippen LogP contribution in [0.5, 0.6) is 0 Å². The molecule has 1 heterocycles. The zero-order chi connectivity index (χ0) is 17.3. The molecule has 122 valence electrons. The van der Waals surface area contributed by atoms with Crippen LogP contribution in [0.25, 0.3) is 0 Å². The van der Waals surface area contributed by atoms with Crippen LogP contribution in [0.1, 0.15) is 36.2 Å². The normalized spacial score (nSPS) is 20.2. The van der Waals surface area contributed by atoms with Crippen LogP contribution in [0.4, 0.5) is 0 Å². The second-order valence-electron chi connectivity index (χ2n) is 5.85. The number of nitrogens with zero attached hydrogens (tertiary/aromatic N) is 2. The molecule has 3 nitrogen and oxygen atoms in total. The van der Waals surface area contributed by atoms with Crippen molar-refractivity contribution in [2.24, 2.45) is 4.99 Å². The summed E-state index contributed by atoms with van der Waals surface area (Å²) in [6.07, 6.45) is 0.686. The molecule has 0 N–H and O–H groups in total. The molecule has 5 heteroatoms. The average molecular weight is 401 g/mol. The van der Waals surface area contributed by atoms with E-state index in [0.29, 0.717) is 22.7 Å². The van der Waals surface area contributed by atoms with Crippen molar-refractivity contribution >= 4 is 44.8 Å². The Labute approximate surface area is 155 Å². The summed E-state index contributed by atoms with van der Waals surface area (Å²) >= 11 is 9.06. The Hall–Kier alpha value is -1.85. The third kappa shape index (κ3) is 2.94. The fourth-order valence-electron chi connectivity index (χ4n) is 2.72. The zero-order valence-corrected chi connectivity index (χ0v) is 15.9. The number of carbonyl (C=O) groups is 1. The standard InChI is InChI=1S/C19H17BrN2OS/c1-3-19(2)21-16(13-9-11-15(20)12-10-13)18(24)22(19)17(23)14-7-5-4-6-8-14/h4-12H,3H2,1-2H3/t19-/m1/s1. The number of halogens is 1. The van der Waals surface area contributed by atoms with Gasteiger partial charge in [-0.2, -0.15) is 0 Å². The molecule has 0 radical (unpaired) electrons. The minimum Gasteiger partial charge on any atom is -0.272 e. The molecule has 2 aromatic carbocycles. The van der Waals surface area contributed by atoms with Crippen LogP contribution in [0.15, 0.2) is 64.1 Å². The highest BCUT2D eigenvalue weighted by Crippen LogP contribution is 2.32. The zero-order valence-electron chi connectivity index (χ0n) is 13.5. The van der Waals surface area contributed by atoms with Gasteiger partial charge >= 0.3 is 0 Å². The predicted octanol–water partition coefficient (Wildman–Crippen LogP) is 4.85. The van der Waals surface area contributed by atoms with Gasteiger partial charge in [0.1, 0.15) is 16.4 Å². The van der Waals surface area contributed by atoms with E-state index in [2.05, 4.69) is 15.9 Å². The first-order chi connectivity index (χ1) is 11.5. The maximum absolute atomic E-state index is 13.0. The van der Waals surface area contributed by atoms with Gasteiger partial charge in [-0.15, -0.1) is 0 Å². The first-order valence-electron chi connectivity index (χ1n) is 7.76. The highest BCUT2D eigenvalue weighted by Gasteiger charge is 2.44. The first kappa shape index (κ1) is 17.0. The van der Waals surface area contributed by atoms with Crippen molar-refractivity contribution in [3.8, 4) is 0 Å². The monoisotopic (exact) mass is 400 g/mol. The van der Waals surface area contributed by atoms with Crippen molar-refractivity contribution in [1.29, 1.82) is 0 Å². The van der Waals surface area contributed by atoms with Crippen LogP contribution in [0, 0.1) is 0 Å². The lowest BCUT2D eigenvalue weighted by Crippen LogP contribution is -2.47. The summed E-state index contributed by atoms with van der Waals surface area (Å²) < 4.78 is 0.992. The number of aliphatic imine (C=N–C) groups is 1. The van der Waals surface area contributed by atoms with Gasteiger partial charge in [-0.05, 0) is 37.6 Å². The Bertz CT molecular complexity index is 817. The van der Waals surface area contributed by atoms with E-state index in [9.17, 15) is 4.79 Å². The molecule has 1 aliphatic heterocycles. The molecule has 1 atom stereocenters. The van der Waals surface area contributed by atoms with Gasteiger partial charge < -0.3 is 0 Å². The number of hydrogen-bond acceptors (Lipinski definition) is 3. The summed E-state index contributed by atoms with van der Waals surface area (Å²) in [7, 11) is 0. The van der Waals surface area contributed by atoms with Gasteiger partial charge in [0, 0.05) is 15.6 Å². The first-order valence-corrected chi connectivity index (χ1v) is 8.96. The van der Waals surface area contributed by atoms with Crippen LogP contribution >= 0.6 is 28.1 Å². The Balaban J connectivity index is 2.02. The van der Waals surface area contributed by atoms with Crippen molar-refractivity contribution in [3.05, 3.63) is 70.2 Å². The topological polar surface area (TPSA) is 32.7 Å². The summed E-state index contributed by atoms with van der Waals surface area (Å²) in [6.45, 7) is 3.97. The molecular formula is C19H17BrN2OS. The Morgan fingerprint density at radius 3 is 2.38 bits per heavy atom. The summed E-state index contributed by atoms with van der Waals surface area (Å²) in [5.41, 5.74) is 1.58. The molecule has 0 fully saturated rings. The molecule has 1 amide bonds. The van der Waals surface area contributed by atoms with Gasteiger partial charge in [-0.25, -0.2) is 0 Å². The van der Waals surface area contributed by atoms with Crippen LogP contribution in [-0.2, 0) is 0 Å². The van der Waals surface area contributed by atoms with E-state index in [1.54, 1.807) is 17.0 Å². The number of benzene rings is 2. The van der Waals surface area contributed by atoms with E-state index in [1.165, 1.54) is 0 Å². The maximum atomic E-state index is 13.0. The summed E-state index contributed by atoms with van der Waals surface area (Å²) in [5.74, 6) is -0.110. The van der Waals surface area contributed by atoms with Crippen molar-refractivity contribution in [3.63, 3.8) is 0 Å². The molecule has 0 bridgehead atoms. The lowest BCUT2D eigenvalue weighted by molar-refractivity contribution is 0.0734. The molecule has 0 spiro atoms. The minimum absolute atomic E-state index is 0.110. The molecule has 0 aromatic heterocycles. The number of carbonyl (C=O) groups excluding carboxylic acids is 1. The maximum Gasteiger partial charge on any atom is 0.260 e. The number of thiocarbonyl (C=S) groups is 1. The highest BCUT2D eigenvalue weighted by molar-refractivity contribution is 9.10. The van der Waals surface area contributed by atoms with Gasteiger partial charge in [0.2, 0.25) is 0 Å². The molecule has 24 heavy (non-hydrogen) atoms. The molecule has 0 saturated heterocycles. The molecule has 3 rings (SSSR count). The number of amides is 1. The summed E-state index contributed by atoms with van der Waals surface area (Å²) in [4.78, 5) is 20.0. The van der Waals surface area contributed by atoms with Crippen molar-refractivity contribution < 1.29 is 4.79 Å². The van der Waals surface area contributed by atoms with Gasteiger partial charge in [-0.1, -0.05) is 65.4 Å². The minimum atomic E-state index is -0.660. The third-order valence-corrected chi connectivity index (χ3v) is 5.16. The van der Waals surface area contributed by atoms with Crippen molar-refractivity contribution in [1.82, 2.24) is 4.90 Å². The molecule has 0 saturated carbocycles. The highest BCUT2D eigenvalue weighted by atomic mass is 79.9. The van der Waals surface area contributed by atoms with Crippen LogP contribution in [0.3, 0.4) is 0 Å². The fraction of sp³-hybridized carbons (Fsp3) is 0.211. The molecule has 0 unspecified atom stereocenters. The van der Waals surface area contributed by atoms with Crippen LogP contribution < -0.4 is 0 Å². The third-order valence-electron chi connectivity index (χ3n) is 4.25. The van der Waals surface area contributed by atoms with E-state index in [0.717, 1.165) is 10.0 Å². The average Bonchev–Trinajstić information content (AvgIpc) is 2.87. The lowest BCUT2D eigenvalue weighted by Gasteiger charge is -2.31. The fourth-order valence-corrected chi connectivity index (χ4v) is 3.42. The molecule has 1 aliphatic rings. The van der Waals surface area contributed by atoms with E-state index >= 15 is 0 Å². The second kappa shape index (κ2) is 6.57. The Kier molecular flexibility index (Phi) is 4.65. The molecule has 0 aliphatic carbocycles. The van der Waals surface area contributed by atoms with E-state index in [1.807, 2.05) is 56.3 Å². The van der Waals surface area contributed by atoms with E-state index < -0.39 is 5.66 Å². The Morgan fingerprint density at radius 1 is 1.17 bits per heavy atom. The molecular weight excluding hydrogens is 384 g/mol. The van der Waals surface area contributed by atoms with Crippen molar-refractivity contribution in [2.75, 3.05) is 0 Å². The number of rotatable bonds is 3. The quantitative estimate of drug-likeness (QED) is 0.689. The van der Waals surface area contributed by atoms with E-state index in [-0.39, 0.29) is 5.91 Å². The van der Waals surface area contributed by atoms with Crippen LogP contribution in [-0.4, -0.2) is 27.2 Å². The number of hydrogen-bond donors (Lipinski definition) is 0. The predicted molar refractivity (Wildman–Crippen MR) is 105 cm³/mol. The Morgan fingerprint density at radius 2 is 1.79 bits per heavy atom. The van der Waals surface area contributed by atoms with Gasteiger partial charge in [0.15, 0.2) is 0 Å². The largest absolute Gasteiger partial charge is 0.272 e. The lowest BCUT2D eigenvalue weighted by atomic mass is 10.1. The second-order valence-corrected chi connectivity index (χ2v) is 7.15. The SMILES string of the molecule is CC[C@]1(C)N=C(c2ccc(Br)cc2)C(=S)N1C(=O)c1ccccc1. The van der Waals surface area contributed by atoms with Crippen LogP contribution in [0.2, 0.25) is 0 Å².